The van der Waals surface area contributed by atoms with Crippen molar-refractivity contribution < 1.29 is 13.2 Å². The summed E-state index contributed by atoms with van der Waals surface area (Å²) in [6.45, 7) is 1.96. The highest BCUT2D eigenvalue weighted by Gasteiger charge is 2.12. The lowest BCUT2D eigenvalue weighted by Gasteiger charge is -2.08. The van der Waals surface area contributed by atoms with E-state index in [9.17, 15) is 8.42 Å². The molecule has 0 heterocycles. The predicted molar refractivity (Wildman–Crippen MR) is 95.5 cm³/mol. The number of benzene rings is 2. The Morgan fingerprint density at radius 3 is 2.04 bits per heavy atom. The fourth-order valence-corrected chi connectivity index (χ4v) is 3.24. The highest BCUT2D eigenvalue weighted by atomic mass is 35.5. The van der Waals surface area contributed by atoms with Crippen molar-refractivity contribution in [3.63, 3.8) is 0 Å². The lowest BCUT2D eigenvalue weighted by Crippen LogP contribution is -2.27. The maximum atomic E-state index is 12.1. The molecule has 2 aromatic carbocycles. The smallest absolute Gasteiger partial charge is 0.240 e. The second kappa shape index (κ2) is 9.15. The molecule has 5 nitrogen and oxygen atoms in total. The number of ether oxygens (including phenoxy) is 1. The third-order valence-electron chi connectivity index (χ3n) is 3.40. The van der Waals surface area contributed by atoms with Crippen LogP contribution in [0.1, 0.15) is 11.1 Å². The number of halogens is 1. The number of nitrogens with one attached hydrogen (secondary N) is 2. The minimum atomic E-state index is -3.48. The SMILES string of the molecule is COCCNS(=O)(=O)c1ccc(CNCc2ccc(Cl)cc2)cc1. The molecule has 0 unspecified atom stereocenters. The number of methoxy groups -OCH3 is 1. The van der Waals surface area contributed by atoms with E-state index < -0.39 is 10.0 Å². The Morgan fingerprint density at radius 2 is 1.50 bits per heavy atom. The van der Waals surface area contributed by atoms with Crippen molar-refractivity contribution in [1.29, 1.82) is 0 Å². The minimum Gasteiger partial charge on any atom is -0.383 e. The van der Waals surface area contributed by atoms with Crippen LogP contribution in [0, 0.1) is 0 Å². The van der Waals surface area contributed by atoms with Gasteiger partial charge in [-0.3, -0.25) is 0 Å². The van der Waals surface area contributed by atoms with Gasteiger partial charge in [0.15, 0.2) is 0 Å². The summed E-state index contributed by atoms with van der Waals surface area (Å²) in [5.74, 6) is 0. The Balaban J connectivity index is 1.86. The van der Waals surface area contributed by atoms with E-state index in [0.717, 1.165) is 22.7 Å². The molecule has 0 atom stereocenters. The van der Waals surface area contributed by atoms with Crippen LogP contribution in [-0.4, -0.2) is 28.7 Å². The van der Waals surface area contributed by atoms with Crippen molar-refractivity contribution in [2.45, 2.75) is 18.0 Å². The first-order valence-corrected chi connectivity index (χ1v) is 9.40. The van der Waals surface area contributed by atoms with Crippen LogP contribution >= 0.6 is 11.6 Å². The molecule has 130 valence electrons. The van der Waals surface area contributed by atoms with Gasteiger partial charge < -0.3 is 10.1 Å². The molecule has 0 aliphatic heterocycles. The lowest BCUT2D eigenvalue weighted by molar-refractivity contribution is 0.204. The molecule has 0 aliphatic rings. The molecule has 0 spiro atoms. The van der Waals surface area contributed by atoms with Crippen LogP contribution in [0.5, 0.6) is 0 Å². The Hall–Kier alpha value is -1.44. The van der Waals surface area contributed by atoms with E-state index in [2.05, 4.69) is 10.0 Å². The Labute approximate surface area is 148 Å². The number of rotatable bonds is 9. The van der Waals surface area contributed by atoms with E-state index in [1.165, 1.54) is 7.11 Å². The molecule has 2 rings (SSSR count). The lowest BCUT2D eigenvalue weighted by atomic mass is 10.2. The van der Waals surface area contributed by atoms with E-state index in [-0.39, 0.29) is 11.4 Å². The molecule has 0 radical (unpaired) electrons. The molecule has 24 heavy (non-hydrogen) atoms. The van der Waals surface area contributed by atoms with E-state index in [4.69, 9.17) is 16.3 Å². The van der Waals surface area contributed by atoms with E-state index in [0.29, 0.717) is 13.2 Å². The first-order valence-electron chi connectivity index (χ1n) is 7.54. The molecule has 0 fully saturated rings. The quantitative estimate of drug-likeness (QED) is 0.667. The fourth-order valence-electron chi connectivity index (χ4n) is 2.10. The number of sulfonamides is 1. The number of hydrogen-bond acceptors (Lipinski definition) is 4. The van der Waals surface area contributed by atoms with Crippen LogP contribution in [0.2, 0.25) is 5.02 Å². The third-order valence-corrected chi connectivity index (χ3v) is 5.13. The third kappa shape index (κ3) is 5.89. The summed E-state index contributed by atoms with van der Waals surface area (Å²) in [7, 11) is -1.95. The standard InChI is InChI=1S/C17H21ClN2O3S/c1-23-11-10-20-24(21,22)17-8-4-15(5-9-17)13-19-12-14-2-6-16(18)7-3-14/h2-9,19-20H,10-13H2,1H3. The molecular weight excluding hydrogens is 348 g/mol. The van der Waals surface area contributed by atoms with Crippen molar-refractivity contribution in [2.75, 3.05) is 20.3 Å². The van der Waals surface area contributed by atoms with Gasteiger partial charge in [-0.05, 0) is 35.4 Å². The topological polar surface area (TPSA) is 67.4 Å². The largest absolute Gasteiger partial charge is 0.383 e. The van der Waals surface area contributed by atoms with Gasteiger partial charge in [0.25, 0.3) is 0 Å². The van der Waals surface area contributed by atoms with Crippen LogP contribution in [0.15, 0.2) is 53.4 Å². The Bertz CT molecular complexity index is 731. The summed E-state index contributed by atoms with van der Waals surface area (Å²) in [6.07, 6.45) is 0. The van der Waals surface area contributed by atoms with Crippen molar-refractivity contribution in [3.05, 3.63) is 64.7 Å². The summed E-state index contributed by atoms with van der Waals surface area (Å²) >= 11 is 5.85. The van der Waals surface area contributed by atoms with E-state index in [1.807, 2.05) is 24.3 Å². The minimum absolute atomic E-state index is 0.250. The maximum absolute atomic E-state index is 12.1. The van der Waals surface area contributed by atoms with Crippen molar-refractivity contribution in [1.82, 2.24) is 10.0 Å². The van der Waals surface area contributed by atoms with E-state index >= 15 is 0 Å². The molecule has 0 bridgehead atoms. The zero-order valence-corrected chi connectivity index (χ0v) is 15.0. The Morgan fingerprint density at radius 1 is 0.958 bits per heavy atom. The van der Waals surface area contributed by atoms with Gasteiger partial charge in [0, 0.05) is 31.8 Å². The number of hydrogen-bond donors (Lipinski definition) is 2. The van der Waals surface area contributed by atoms with Gasteiger partial charge in [-0.2, -0.15) is 0 Å². The molecule has 0 saturated carbocycles. The average Bonchev–Trinajstić information content (AvgIpc) is 2.57. The molecule has 2 N–H and O–H groups in total. The van der Waals surface area contributed by atoms with Gasteiger partial charge >= 0.3 is 0 Å². The monoisotopic (exact) mass is 368 g/mol. The van der Waals surface area contributed by atoms with Crippen LogP contribution in [-0.2, 0) is 27.8 Å². The van der Waals surface area contributed by atoms with Crippen LogP contribution in [0.4, 0.5) is 0 Å². The zero-order valence-electron chi connectivity index (χ0n) is 13.5. The first-order chi connectivity index (χ1) is 11.5. The second-order valence-electron chi connectivity index (χ2n) is 5.26. The molecule has 0 saturated heterocycles. The fraction of sp³-hybridized carbons (Fsp3) is 0.294. The van der Waals surface area contributed by atoms with Crippen LogP contribution in [0.25, 0.3) is 0 Å². The predicted octanol–water partition coefficient (Wildman–Crippen LogP) is 2.55. The second-order valence-corrected chi connectivity index (χ2v) is 7.47. The summed E-state index contributed by atoms with van der Waals surface area (Å²) in [5.41, 5.74) is 2.15. The van der Waals surface area contributed by atoms with Gasteiger partial charge in [-0.25, -0.2) is 13.1 Å². The summed E-state index contributed by atoms with van der Waals surface area (Å²) in [5, 5.41) is 4.03. The highest BCUT2D eigenvalue weighted by Crippen LogP contribution is 2.11. The van der Waals surface area contributed by atoms with Crippen molar-refractivity contribution in [2.24, 2.45) is 0 Å². The van der Waals surface area contributed by atoms with Gasteiger partial charge in [0.05, 0.1) is 11.5 Å². The molecule has 0 aromatic heterocycles. The molecule has 7 heteroatoms. The summed E-state index contributed by atoms with van der Waals surface area (Å²) in [4.78, 5) is 0.250. The normalized spacial score (nSPS) is 11.6. The van der Waals surface area contributed by atoms with Gasteiger partial charge in [0.2, 0.25) is 10.0 Å². The summed E-state index contributed by atoms with van der Waals surface area (Å²) in [6, 6.07) is 14.5. The van der Waals surface area contributed by atoms with Crippen LogP contribution < -0.4 is 10.0 Å². The molecule has 0 amide bonds. The summed E-state index contributed by atoms with van der Waals surface area (Å²) < 4.78 is 31.4. The first kappa shape index (κ1) is 18.9. The van der Waals surface area contributed by atoms with E-state index in [1.54, 1.807) is 24.3 Å². The van der Waals surface area contributed by atoms with Gasteiger partial charge in [0.1, 0.15) is 0 Å². The molecular formula is C17H21ClN2O3S. The molecule has 0 aliphatic carbocycles. The van der Waals surface area contributed by atoms with Gasteiger partial charge in [-0.15, -0.1) is 0 Å². The average molecular weight is 369 g/mol. The zero-order chi connectivity index (χ0) is 17.4. The van der Waals surface area contributed by atoms with Crippen LogP contribution in [0.3, 0.4) is 0 Å². The van der Waals surface area contributed by atoms with Crippen molar-refractivity contribution >= 4 is 21.6 Å². The highest BCUT2D eigenvalue weighted by molar-refractivity contribution is 7.89. The molecule has 2 aromatic rings. The van der Waals surface area contributed by atoms with Gasteiger partial charge in [-0.1, -0.05) is 35.9 Å². The Kier molecular flexibility index (Phi) is 7.20. The maximum Gasteiger partial charge on any atom is 0.240 e. The van der Waals surface area contributed by atoms with Crippen molar-refractivity contribution in [3.8, 4) is 0 Å².